The van der Waals surface area contributed by atoms with Crippen LogP contribution in [0.4, 0.5) is 0 Å². The summed E-state index contributed by atoms with van der Waals surface area (Å²) in [5.41, 5.74) is 3.11. The van der Waals surface area contributed by atoms with E-state index in [9.17, 15) is 4.79 Å². The highest BCUT2D eigenvalue weighted by Crippen LogP contribution is 2.13. The average Bonchev–Trinajstić information content (AvgIpc) is 2.39. The van der Waals surface area contributed by atoms with Gasteiger partial charge in [0.05, 0.1) is 0 Å². The van der Waals surface area contributed by atoms with E-state index in [0.717, 1.165) is 24.1 Å². The Morgan fingerprint density at radius 2 is 2.15 bits per heavy atom. The van der Waals surface area contributed by atoms with E-state index in [1.165, 1.54) is 18.5 Å². The molecule has 0 spiro atoms. The predicted octanol–water partition coefficient (Wildman–Crippen LogP) is 2.72. The van der Waals surface area contributed by atoms with Crippen LogP contribution in [0.15, 0.2) is 6.07 Å². The molecule has 1 heterocycles. The second-order valence-corrected chi connectivity index (χ2v) is 3.45. The highest BCUT2D eigenvalue weighted by molar-refractivity contribution is 5.77. The molecule has 0 atom stereocenters. The topological polar surface area (TPSA) is 22.0 Å². The van der Waals surface area contributed by atoms with Crippen LogP contribution in [0, 0.1) is 13.8 Å². The zero-order chi connectivity index (χ0) is 9.84. The van der Waals surface area contributed by atoms with Crippen LogP contribution >= 0.6 is 0 Å². The van der Waals surface area contributed by atoms with Crippen molar-refractivity contribution in [2.75, 3.05) is 0 Å². The van der Waals surface area contributed by atoms with Crippen molar-refractivity contribution in [3.63, 3.8) is 0 Å². The minimum atomic E-state index is 0.827. The van der Waals surface area contributed by atoms with Crippen LogP contribution in [-0.4, -0.2) is 10.9 Å². The molecule has 0 amide bonds. The molecule has 0 N–H and O–H groups in total. The fraction of sp³-hybridized carbons (Fsp3) is 0.545. The zero-order valence-electron chi connectivity index (χ0n) is 8.63. The molecule has 0 bridgehead atoms. The lowest BCUT2D eigenvalue weighted by molar-refractivity contribution is 0.112. The summed E-state index contributed by atoms with van der Waals surface area (Å²) in [6.45, 7) is 7.26. The maximum absolute atomic E-state index is 10.7. The number of aryl methyl sites for hydroxylation is 1. The second-order valence-electron chi connectivity index (χ2n) is 3.45. The molecule has 1 aromatic heterocycles. The number of hydrogen-bond donors (Lipinski definition) is 0. The lowest BCUT2D eigenvalue weighted by atomic mass is 10.3. The minimum Gasteiger partial charge on any atom is -0.348 e. The third-order valence-electron chi connectivity index (χ3n) is 2.48. The summed E-state index contributed by atoms with van der Waals surface area (Å²) in [6.07, 6.45) is 3.30. The predicted molar refractivity (Wildman–Crippen MR) is 54.2 cm³/mol. The molecule has 0 unspecified atom stereocenters. The second kappa shape index (κ2) is 4.26. The number of hydrogen-bond acceptors (Lipinski definition) is 1. The van der Waals surface area contributed by atoms with Gasteiger partial charge in [0, 0.05) is 23.5 Å². The van der Waals surface area contributed by atoms with Crippen molar-refractivity contribution in [2.24, 2.45) is 0 Å². The number of carbonyl (C=O) groups excluding carboxylic acids is 1. The van der Waals surface area contributed by atoms with Crippen molar-refractivity contribution in [1.29, 1.82) is 0 Å². The third-order valence-corrected chi connectivity index (χ3v) is 2.48. The highest BCUT2D eigenvalue weighted by atomic mass is 16.1. The number of unbranched alkanes of at least 4 members (excludes halogenated alkanes) is 1. The van der Waals surface area contributed by atoms with E-state index in [0.29, 0.717) is 0 Å². The Hall–Kier alpha value is -1.05. The number of carbonyl (C=O) groups is 1. The van der Waals surface area contributed by atoms with Crippen LogP contribution in [0.5, 0.6) is 0 Å². The van der Waals surface area contributed by atoms with Crippen LogP contribution in [0.25, 0.3) is 0 Å². The summed E-state index contributed by atoms with van der Waals surface area (Å²) in [5, 5.41) is 0. The summed E-state index contributed by atoms with van der Waals surface area (Å²) in [7, 11) is 0. The van der Waals surface area contributed by atoms with Gasteiger partial charge in [-0.3, -0.25) is 4.79 Å². The Balaban J connectivity index is 2.91. The highest BCUT2D eigenvalue weighted by Gasteiger charge is 2.06. The van der Waals surface area contributed by atoms with Gasteiger partial charge in [0.15, 0.2) is 6.29 Å². The largest absolute Gasteiger partial charge is 0.348 e. The van der Waals surface area contributed by atoms with E-state index in [-0.39, 0.29) is 0 Å². The molecule has 0 aliphatic rings. The molecule has 2 heteroatoms. The first-order valence-electron chi connectivity index (χ1n) is 4.82. The molecule has 0 aliphatic heterocycles. The van der Waals surface area contributed by atoms with Gasteiger partial charge in [-0.15, -0.1) is 0 Å². The molecule has 0 aliphatic carbocycles. The van der Waals surface area contributed by atoms with E-state index < -0.39 is 0 Å². The lowest BCUT2D eigenvalue weighted by Gasteiger charge is -2.07. The van der Waals surface area contributed by atoms with Gasteiger partial charge in [-0.05, 0) is 26.3 Å². The number of rotatable bonds is 4. The first-order valence-corrected chi connectivity index (χ1v) is 4.82. The van der Waals surface area contributed by atoms with E-state index >= 15 is 0 Å². The fourth-order valence-electron chi connectivity index (χ4n) is 1.61. The van der Waals surface area contributed by atoms with Gasteiger partial charge in [0.1, 0.15) is 0 Å². The summed E-state index contributed by atoms with van der Waals surface area (Å²) in [5.74, 6) is 0. The Kier molecular flexibility index (Phi) is 3.29. The Bertz CT molecular complexity index is 299. The Labute approximate surface area is 79.6 Å². The number of nitrogens with zero attached hydrogens (tertiary/aromatic N) is 1. The molecule has 0 fully saturated rings. The summed E-state index contributed by atoms with van der Waals surface area (Å²) >= 11 is 0. The van der Waals surface area contributed by atoms with Crippen molar-refractivity contribution in [1.82, 2.24) is 4.57 Å². The molecule has 13 heavy (non-hydrogen) atoms. The summed E-state index contributed by atoms with van der Waals surface area (Å²) in [4.78, 5) is 10.7. The molecule has 0 aromatic carbocycles. The molecule has 72 valence electrons. The van der Waals surface area contributed by atoms with Crippen LogP contribution < -0.4 is 0 Å². The molecule has 1 rings (SSSR count). The molecule has 2 nitrogen and oxygen atoms in total. The third kappa shape index (κ3) is 2.00. The van der Waals surface area contributed by atoms with E-state index in [4.69, 9.17) is 0 Å². The van der Waals surface area contributed by atoms with Crippen molar-refractivity contribution in [2.45, 2.75) is 40.2 Å². The van der Waals surface area contributed by atoms with Crippen molar-refractivity contribution < 1.29 is 4.79 Å². The summed E-state index contributed by atoms with van der Waals surface area (Å²) < 4.78 is 2.22. The maximum atomic E-state index is 10.7. The van der Waals surface area contributed by atoms with Gasteiger partial charge in [0.25, 0.3) is 0 Å². The van der Waals surface area contributed by atoms with Crippen molar-refractivity contribution in [3.05, 3.63) is 23.0 Å². The normalized spacial score (nSPS) is 10.4. The smallest absolute Gasteiger partial charge is 0.151 e. The van der Waals surface area contributed by atoms with Crippen LogP contribution in [0.1, 0.15) is 41.5 Å². The molecular weight excluding hydrogens is 162 g/mol. The van der Waals surface area contributed by atoms with Gasteiger partial charge < -0.3 is 4.57 Å². The average molecular weight is 179 g/mol. The number of aldehydes is 1. The zero-order valence-corrected chi connectivity index (χ0v) is 8.63. The van der Waals surface area contributed by atoms with E-state index in [2.05, 4.69) is 18.4 Å². The SMILES string of the molecule is CCCCn1c(C)cc(C=O)c1C. The molecular formula is C11H17NO. The Morgan fingerprint density at radius 1 is 1.46 bits per heavy atom. The van der Waals surface area contributed by atoms with Crippen LogP contribution in [-0.2, 0) is 6.54 Å². The first-order chi connectivity index (χ1) is 6.20. The van der Waals surface area contributed by atoms with Crippen molar-refractivity contribution in [3.8, 4) is 0 Å². The monoisotopic (exact) mass is 179 g/mol. The minimum absolute atomic E-state index is 0.827. The Morgan fingerprint density at radius 3 is 2.62 bits per heavy atom. The fourth-order valence-corrected chi connectivity index (χ4v) is 1.61. The molecule has 0 saturated heterocycles. The van der Waals surface area contributed by atoms with Crippen LogP contribution in [0.2, 0.25) is 0 Å². The molecule has 0 radical (unpaired) electrons. The standard InChI is InChI=1S/C11H17NO/c1-4-5-6-12-9(2)7-11(8-13)10(12)3/h7-8H,4-6H2,1-3H3. The lowest BCUT2D eigenvalue weighted by Crippen LogP contribution is -2.02. The van der Waals surface area contributed by atoms with Crippen molar-refractivity contribution >= 4 is 6.29 Å². The quantitative estimate of drug-likeness (QED) is 0.651. The molecule has 1 aromatic rings. The van der Waals surface area contributed by atoms with Gasteiger partial charge in [0.2, 0.25) is 0 Å². The number of aromatic nitrogens is 1. The van der Waals surface area contributed by atoms with Gasteiger partial charge >= 0.3 is 0 Å². The summed E-state index contributed by atoms with van der Waals surface area (Å²) in [6, 6.07) is 1.96. The van der Waals surface area contributed by atoms with Gasteiger partial charge in [-0.1, -0.05) is 13.3 Å². The van der Waals surface area contributed by atoms with Gasteiger partial charge in [-0.25, -0.2) is 0 Å². The van der Waals surface area contributed by atoms with Crippen LogP contribution in [0.3, 0.4) is 0 Å². The first kappa shape index (κ1) is 10.0. The molecule has 0 saturated carbocycles. The van der Waals surface area contributed by atoms with Gasteiger partial charge in [-0.2, -0.15) is 0 Å². The maximum Gasteiger partial charge on any atom is 0.151 e. The van der Waals surface area contributed by atoms with E-state index in [1.807, 2.05) is 13.0 Å². The van der Waals surface area contributed by atoms with E-state index in [1.54, 1.807) is 0 Å².